The fourth-order valence-corrected chi connectivity index (χ4v) is 3.17. The molecule has 0 bridgehead atoms. The highest BCUT2D eigenvalue weighted by atomic mass is 19.4. The maximum atomic E-state index is 12.6. The Hall–Kier alpha value is -2.05. The second kappa shape index (κ2) is 8.10. The molecule has 0 spiro atoms. The number of hydrogen-bond donors (Lipinski definition) is 0. The molecule has 1 aliphatic rings. The zero-order valence-electron chi connectivity index (χ0n) is 15.3. The van der Waals surface area contributed by atoms with Crippen molar-refractivity contribution in [1.29, 1.82) is 0 Å². The van der Waals surface area contributed by atoms with Crippen LogP contribution in [0.25, 0.3) is 0 Å². The van der Waals surface area contributed by atoms with Gasteiger partial charge in [0.25, 0.3) is 0 Å². The van der Waals surface area contributed by atoms with Gasteiger partial charge in [0.05, 0.1) is 5.56 Å². The minimum atomic E-state index is -4.36. The SMILES string of the molecule is CC(C)C(=O)N1CCC(C(=O)N(C)Cc2ccc(C(F)(F)F)cc2)CC1. The quantitative estimate of drug-likeness (QED) is 0.813. The first kappa shape index (κ1) is 20.3. The first-order chi connectivity index (χ1) is 12.1. The average Bonchev–Trinajstić information content (AvgIpc) is 2.60. The van der Waals surface area contributed by atoms with Crippen LogP contribution < -0.4 is 0 Å². The molecule has 1 aromatic rings. The third kappa shape index (κ3) is 4.99. The Morgan fingerprint density at radius 2 is 1.69 bits per heavy atom. The molecule has 0 unspecified atom stereocenters. The number of hydrogen-bond acceptors (Lipinski definition) is 2. The van der Waals surface area contributed by atoms with Gasteiger partial charge in [0.15, 0.2) is 0 Å². The standard InChI is InChI=1S/C19H25F3N2O2/c1-13(2)17(25)24-10-8-15(9-11-24)18(26)23(3)12-14-4-6-16(7-5-14)19(20,21)22/h4-7,13,15H,8-12H2,1-3H3. The molecule has 1 saturated heterocycles. The molecule has 0 N–H and O–H groups in total. The fraction of sp³-hybridized carbons (Fsp3) is 0.579. The number of benzene rings is 1. The highest BCUT2D eigenvalue weighted by Crippen LogP contribution is 2.29. The lowest BCUT2D eigenvalue weighted by Gasteiger charge is -2.34. The summed E-state index contributed by atoms with van der Waals surface area (Å²) in [5.41, 5.74) is -0.0429. The molecule has 26 heavy (non-hydrogen) atoms. The van der Waals surface area contributed by atoms with Gasteiger partial charge in [0.1, 0.15) is 0 Å². The van der Waals surface area contributed by atoms with E-state index in [2.05, 4.69) is 0 Å². The molecular weight excluding hydrogens is 345 g/mol. The van der Waals surface area contributed by atoms with Gasteiger partial charge in [-0.1, -0.05) is 26.0 Å². The van der Waals surface area contributed by atoms with Gasteiger partial charge in [-0.3, -0.25) is 9.59 Å². The summed E-state index contributed by atoms with van der Waals surface area (Å²) in [4.78, 5) is 27.9. The molecular formula is C19H25F3N2O2. The molecule has 1 heterocycles. The largest absolute Gasteiger partial charge is 0.416 e. The summed E-state index contributed by atoms with van der Waals surface area (Å²) in [6.45, 7) is 5.13. The molecule has 0 aromatic heterocycles. The molecule has 1 fully saturated rings. The van der Waals surface area contributed by atoms with E-state index in [4.69, 9.17) is 0 Å². The number of piperidine rings is 1. The first-order valence-corrected chi connectivity index (χ1v) is 8.79. The van der Waals surface area contributed by atoms with Crippen molar-refractivity contribution in [3.8, 4) is 0 Å². The fourth-order valence-electron chi connectivity index (χ4n) is 3.17. The van der Waals surface area contributed by atoms with E-state index in [0.717, 1.165) is 12.1 Å². The van der Waals surface area contributed by atoms with Crippen LogP contribution in [0.1, 0.15) is 37.8 Å². The molecule has 4 nitrogen and oxygen atoms in total. The van der Waals surface area contributed by atoms with E-state index in [1.165, 1.54) is 12.1 Å². The van der Waals surface area contributed by atoms with Crippen LogP contribution in [0.3, 0.4) is 0 Å². The highest BCUT2D eigenvalue weighted by Gasteiger charge is 2.31. The molecule has 0 saturated carbocycles. The zero-order chi connectivity index (χ0) is 19.5. The molecule has 1 aromatic carbocycles. The molecule has 2 rings (SSSR count). The van der Waals surface area contributed by atoms with Gasteiger partial charge in [-0.15, -0.1) is 0 Å². The zero-order valence-corrected chi connectivity index (χ0v) is 15.3. The third-order valence-corrected chi connectivity index (χ3v) is 4.73. The predicted octanol–water partition coefficient (Wildman–Crippen LogP) is 3.56. The van der Waals surface area contributed by atoms with E-state index < -0.39 is 11.7 Å². The maximum Gasteiger partial charge on any atom is 0.416 e. The summed E-state index contributed by atoms with van der Waals surface area (Å²) < 4.78 is 37.8. The van der Waals surface area contributed by atoms with Gasteiger partial charge in [-0.2, -0.15) is 13.2 Å². The normalized spacial score (nSPS) is 16.0. The van der Waals surface area contributed by atoms with Crippen molar-refractivity contribution in [3.05, 3.63) is 35.4 Å². The number of alkyl halides is 3. The van der Waals surface area contributed by atoms with Crippen LogP contribution in [-0.4, -0.2) is 41.8 Å². The van der Waals surface area contributed by atoms with Gasteiger partial charge in [0, 0.05) is 38.5 Å². The number of amides is 2. The Kier molecular flexibility index (Phi) is 6.31. The maximum absolute atomic E-state index is 12.6. The van der Waals surface area contributed by atoms with Gasteiger partial charge in [0.2, 0.25) is 11.8 Å². The van der Waals surface area contributed by atoms with Gasteiger partial charge >= 0.3 is 6.18 Å². The minimum Gasteiger partial charge on any atom is -0.342 e. The van der Waals surface area contributed by atoms with Crippen LogP contribution in [0.5, 0.6) is 0 Å². The summed E-state index contributed by atoms with van der Waals surface area (Å²) >= 11 is 0. The second-order valence-corrected chi connectivity index (χ2v) is 7.14. The first-order valence-electron chi connectivity index (χ1n) is 8.79. The molecule has 0 radical (unpaired) electrons. The number of halogens is 3. The summed E-state index contributed by atoms with van der Waals surface area (Å²) in [7, 11) is 1.66. The summed E-state index contributed by atoms with van der Waals surface area (Å²) in [5, 5.41) is 0. The number of carbonyl (C=O) groups excluding carboxylic acids is 2. The number of nitrogens with zero attached hydrogens (tertiary/aromatic N) is 2. The molecule has 7 heteroatoms. The predicted molar refractivity (Wildman–Crippen MR) is 92.1 cm³/mol. The van der Waals surface area contributed by atoms with Gasteiger partial charge in [-0.05, 0) is 30.5 Å². The van der Waals surface area contributed by atoms with Crippen molar-refractivity contribution in [1.82, 2.24) is 9.80 Å². The van der Waals surface area contributed by atoms with E-state index >= 15 is 0 Å². The summed E-state index contributed by atoms with van der Waals surface area (Å²) in [6.07, 6.45) is -3.12. The van der Waals surface area contributed by atoms with Crippen LogP contribution >= 0.6 is 0 Å². The Bertz CT molecular complexity index is 633. The summed E-state index contributed by atoms with van der Waals surface area (Å²) in [6, 6.07) is 4.86. The molecule has 0 aliphatic carbocycles. The topological polar surface area (TPSA) is 40.6 Å². The van der Waals surface area contributed by atoms with Gasteiger partial charge in [-0.25, -0.2) is 0 Å². The van der Waals surface area contributed by atoms with E-state index in [0.29, 0.717) is 31.5 Å². The summed E-state index contributed by atoms with van der Waals surface area (Å²) in [5.74, 6) is -0.120. The lowest BCUT2D eigenvalue weighted by Crippen LogP contribution is -2.44. The van der Waals surface area contributed by atoms with Crippen molar-refractivity contribution < 1.29 is 22.8 Å². The number of carbonyl (C=O) groups is 2. The Labute approximate surface area is 152 Å². The minimum absolute atomic E-state index is 0.0263. The van der Waals surface area contributed by atoms with Crippen molar-refractivity contribution in [2.45, 2.75) is 39.4 Å². The van der Waals surface area contributed by atoms with Crippen LogP contribution in [0, 0.1) is 11.8 Å². The molecule has 144 valence electrons. The van der Waals surface area contributed by atoms with Crippen molar-refractivity contribution in [3.63, 3.8) is 0 Å². The van der Waals surface area contributed by atoms with Crippen LogP contribution in [0.15, 0.2) is 24.3 Å². The molecule has 2 amide bonds. The number of rotatable bonds is 4. The van der Waals surface area contributed by atoms with Crippen LogP contribution in [0.2, 0.25) is 0 Å². The van der Waals surface area contributed by atoms with Crippen molar-refractivity contribution in [2.75, 3.05) is 20.1 Å². The Balaban J connectivity index is 1.89. The Morgan fingerprint density at radius 3 is 2.15 bits per heavy atom. The van der Waals surface area contributed by atoms with E-state index in [1.807, 2.05) is 13.8 Å². The lowest BCUT2D eigenvalue weighted by molar-refractivity contribution is -0.141. The highest BCUT2D eigenvalue weighted by molar-refractivity contribution is 5.80. The van der Waals surface area contributed by atoms with E-state index in [1.54, 1.807) is 16.8 Å². The Morgan fingerprint density at radius 1 is 1.15 bits per heavy atom. The van der Waals surface area contributed by atoms with E-state index in [-0.39, 0.29) is 30.2 Å². The second-order valence-electron chi connectivity index (χ2n) is 7.14. The van der Waals surface area contributed by atoms with Crippen LogP contribution in [-0.2, 0) is 22.3 Å². The molecule has 0 atom stereocenters. The third-order valence-electron chi connectivity index (χ3n) is 4.73. The number of likely N-dealkylation sites (tertiary alicyclic amines) is 1. The van der Waals surface area contributed by atoms with Crippen LogP contribution in [0.4, 0.5) is 13.2 Å². The van der Waals surface area contributed by atoms with Crippen molar-refractivity contribution in [2.24, 2.45) is 11.8 Å². The average molecular weight is 370 g/mol. The van der Waals surface area contributed by atoms with Gasteiger partial charge < -0.3 is 9.80 Å². The molecule has 1 aliphatic heterocycles. The monoisotopic (exact) mass is 370 g/mol. The van der Waals surface area contributed by atoms with Crippen molar-refractivity contribution >= 4 is 11.8 Å². The van der Waals surface area contributed by atoms with E-state index in [9.17, 15) is 22.8 Å². The lowest BCUT2D eigenvalue weighted by atomic mass is 9.94. The smallest absolute Gasteiger partial charge is 0.342 e.